The van der Waals surface area contributed by atoms with E-state index in [-0.39, 0.29) is 18.3 Å². The molecule has 30 heavy (non-hydrogen) atoms. The Bertz CT molecular complexity index is 1010. The monoisotopic (exact) mass is 428 g/mol. The molecule has 1 aromatic heterocycles. The van der Waals surface area contributed by atoms with Gasteiger partial charge in [0.05, 0.1) is 6.04 Å². The number of hydrogen-bond acceptors (Lipinski definition) is 6. The number of rotatable bonds is 8. The minimum atomic E-state index is -1.05. The molecular formula is C20H21ClN6O3. The molecule has 2 atom stereocenters. The molecule has 0 aliphatic heterocycles. The molecule has 2 aromatic carbocycles. The number of nitrogens with zero attached hydrogens (tertiary/aromatic N) is 4. The maximum absolute atomic E-state index is 13.0. The molecule has 0 saturated heterocycles. The van der Waals surface area contributed by atoms with Crippen LogP contribution in [0, 0.1) is 0 Å². The number of halogens is 1. The quantitative estimate of drug-likeness (QED) is 0.502. The molecule has 0 aliphatic rings. The lowest BCUT2D eigenvalue weighted by Gasteiger charge is -2.24. The highest BCUT2D eigenvalue weighted by molar-refractivity contribution is 6.30. The standard InChI is InChI=1S/C20H21ClN6O3/c1-12(19(29)30)22-17(18(28)27(2)20-23-25-26-24-20)10-13-6-8-14(9-7-13)15-4-3-5-16(21)11-15/h3-9,11-12,17,22H,10H2,1-2H3,(H,29,30)(H,23,24,25,26)/t12-,17?/m0/s1. The van der Waals surface area contributed by atoms with Crippen molar-refractivity contribution in [3.05, 3.63) is 59.1 Å². The summed E-state index contributed by atoms with van der Waals surface area (Å²) in [5.41, 5.74) is 2.83. The van der Waals surface area contributed by atoms with Gasteiger partial charge in [-0.15, -0.1) is 5.10 Å². The van der Waals surface area contributed by atoms with Crippen LogP contribution in [0.1, 0.15) is 12.5 Å². The maximum Gasteiger partial charge on any atom is 0.320 e. The third-order valence-corrected chi connectivity index (χ3v) is 4.87. The first-order chi connectivity index (χ1) is 14.3. The number of tetrazole rings is 1. The molecule has 9 nitrogen and oxygen atoms in total. The number of carbonyl (C=O) groups is 2. The van der Waals surface area contributed by atoms with Gasteiger partial charge in [-0.2, -0.15) is 5.21 Å². The van der Waals surface area contributed by atoms with Crippen molar-refractivity contribution in [1.82, 2.24) is 25.9 Å². The van der Waals surface area contributed by atoms with Crippen molar-refractivity contribution in [2.75, 3.05) is 11.9 Å². The van der Waals surface area contributed by atoms with Crippen molar-refractivity contribution in [1.29, 1.82) is 0 Å². The molecule has 156 valence electrons. The van der Waals surface area contributed by atoms with Crippen molar-refractivity contribution in [3.63, 3.8) is 0 Å². The summed E-state index contributed by atoms with van der Waals surface area (Å²) in [6.07, 6.45) is 0.286. The highest BCUT2D eigenvalue weighted by atomic mass is 35.5. The van der Waals surface area contributed by atoms with Crippen molar-refractivity contribution >= 4 is 29.4 Å². The molecular weight excluding hydrogens is 408 g/mol. The van der Waals surface area contributed by atoms with E-state index in [0.29, 0.717) is 5.02 Å². The summed E-state index contributed by atoms with van der Waals surface area (Å²) in [5, 5.41) is 26.1. The second-order valence-corrected chi connectivity index (χ2v) is 7.24. The topological polar surface area (TPSA) is 124 Å². The van der Waals surface area contributed by atoms with Crippen molar-refractivity contribution < 1.29 is 14.7 Å². The number of carboxylic acid groups (broad SMARTS) is 1. The number of benzene rings is 2. The van der Waals surface area contributed by atoms with E-state index in [2.05, 4.69) is 25.9 Å². The predicted molar refractivity (Wildman–Crippen MR) is 112 cm³/mol. The number of aromatic nitrogens is 4. The van der Waals surface area contributed by atoms with Crippen LogP contribution in [0.15, 0.2) is 48.5 Å². The van der Waals surface area contributed by atoms with Gasteiger partial charge in [0.2, 0.25) is 5.91 Å². The Hall–Kier alpha value is -3.30. The third-order valence-electron chi connectivity index (χ3n) is 4.64. The number of aliphatic carboxylic acids is 1. The molecule has 0 fully saturated rings. The van der Waals surface area contributed by atoms with Gasteiger partial charge in [-0.1, -0.05) is 53.1 Å². The second kappa shape index (κ2) is 9.47. The van der Waals surface area contributed by atoms with Crippen LogP contribution in [0.2, 0.25) is 5.02 Å². The van der Waals surface area contributed by atoms with Crippen LogP contribution in [0.3, 0.4) is 0 Å². The van der Waals surface area contributed by atoms with Crippen molar-refractivity contribution in [2.45, 2.75) is 25.4 Å². The smallest absolute Gasteiger partial charge is 0.320 e. The molecule has 3 N–H and O–H groups in total. The van der Waals surface area contributed by atoms with Gasteiger partial charge in [0.1, 0.15) is 6.04 Å². The van der Waals surface area contributed by atoms with Gasteiger partial charge in [-0.05, 0) is 47.4 Å². The average molecular weight is 429 g/mol. The Morgan fingerprint density at radius 2 is 1.93 bits per heavy atom. The van der Waals surface area contributed by atoms with Crippen LogP contribution in [-0.4, -0.2) is 56.7 Å². The number of anilines is 1. The molecule has 1 heterocycles. The summed E-state index contributed by atoms with van der Waals surface area (Å²) < 4.78 is 0. The Labute approximate surface area is 178 Å². The summed E-state index contributed by atoms with van der Waals surface area (Å²) in [4.78, 5) is 25.5. The Morgan fingerprint density at radius 3 is 2.53 bits per heavy atom. The Balaban J connectivity index is 1.79. The van der Waals surface area contributed by atoms with Crippen LogP contribution >= 0.6 is 11.6 Å². The first-order valence-electron chi connectivity index (χ1n) is 9.20. The van der Waals surface area contributed by atoms with Gasteiger partial charge < -0.3 is 5.11 Å². The van der Waals surface area contributed by atoms with Crippen LogP contribution < -0.4 is 10.2 Å². The maximum atomic E-state index is 13.0. The van der Waals surface area contributed by atoms with Gasteiger partial charge >= 0.3 is 5.97 Å². The largest absolute Gasteiger partial charge is 0.480 e. The zero-order chi connectivity index (χ0) is 21.7. The Kier molecular flexibility index (Phi) is 6.76. The second-order valence-electron chi connectivity index (χ2n) is 6.80. The van der Waals surface area contributed by atoms with Crippen LogP contribution in [0.4, 0.5) is 5.95 Å². The lowest BCUT2D eigenvalue weighted by atomic mass is 9.99. The highest BCUT2D eigenvalue weighted by Crippen LogP contribution is 2.23. The van der Waals surface area contributed by atoms with E-state index < -0.39 is 18.1 Å². The fourth-order valence-corrected chi connectivity index (χ4v) is 3.15. The molecule has 3 aromatic rings. The van der Waals surface area contributed by atoms with E-state index in [1.165, 1.54) is 18.9 Å². The first kappa shape index (κ1) is 21.4. The molecule has 0 aliphatic carbocycles. The van der Waals surface area contributed by atoms with E-state index in [0.717, 1.165) is 16.7 Å². The van der Waals surface area contributed by atoms with Gasteiger partial charge in [0.15, 0.2) is 0 Å². The Morgan fingerprint density at radius 1 is 1.20 bits per heavy atom. The fraction of sp³-hybridized carbons (Fsp3) is 0.250. The number of H-pyrrole nitrogens is 1. The molecule has 1 amide bonds. The van der Waals surface area contributed by atoms with E-state index in [1.54, 1.807) is 0 Å². The molecule has 10 heteroatoms. The summed E-state index contributed by atoms with van der Waals surface area (Å²) in [6.45, 7) is 1.49. The zero-order valence-electron chi connectivity index (χ0n) is 16.4. The molecule has 0 saturated carbocycles. The molecule has 0 bridgehead atoms. The molecule has 0 radical (unpaired) electrons. The SMILES string of the molecule is C[C@H](NC(Cc1ccc(-c2cccc(Cl)c2)cc1)C(=O)N(C)c1nn[nH]n1)C(=O)O. The highest BCUT2D eigenvalue weighted by Gasteiger charge is 2.28. The predicted octanol–water partition coefficient (Wildman–Crippen LogP) is 2.16. The summed E-state index contributed by atoms with van der Waals surface area (Å²) in [7, 11) is 1.51. The third kappa shape index (κ3) is 5.19. The average Bonchev–Trinajstić information content (AvgIpc) is 3.27. The van der Waals surface area contributed by atoms with Crippen LogP contribution in [0.25, 0.3) is 11.1 Å². The number of amides is 1. The van der Waals surface area contributed by atoms with Crippen LogP contribution in [-0.2, 0) is 16.0 Å². The molecule has 1 unspecified atom stereocenters. The number of aromatic amines is 1. The van der Waals surface area contributed by atoms with E-state index >= 15 is 0 Å². The van der Waals surface area contributed by atoms with Crippen molar-refractivity contribution in [3.8, 4) is 11.1 Å². The van der Waals surface area contributed by atoms with Gasteiger partial charge in [0.25, 0.3) is 5.95 Å². The number of carbonyl (C=O) groups excluding carboxylic acids is 1. The normalized spacial score (nSPS) is 12.9. The van der Waals surface area contributed by atoms with E-state index in [1.807, 2.05) is 48.5 Å². The number of likely N-dealkylation sites (N-methyl/N-ethyl adjacent to an activating group) is 1. The summed E-state index contributed by atoms with van der Waals surface area (Å²) >= 11 is 6.06. The fourth-order valence-electron chi connectivity index (χ4n) is 2.96. The molecule has 3 rings (SSSR count). The van der Waals surface area contributed by atoms with Gasteiger partial charge in [-0.25, -0.2) is 0 Å². The molecule has 0 spiro atoms. The number of carboxylic acids is 1. The zero-order valence-corrected chi connectivity index (χ0v) is 17.2. The van der Waals surface area contributed by atoms with E-state index in [4.69, 9.17) is 11.6 Å². The summed E-state index contributed by atoms with van der Waals surface area (Å²) in [6, 6.07) is 13.5. The van der Waals surface area contributed by atoms with Gasteiger partial charge in [-0.3, -0.25) is 19.8 Å². The van der Waals surface area contributed by atoms with Crippen molar-refractivity contribution in [2.24, 2.45) is 0 Å². The minimum absolute atomic E-state index is 0.103. The lowest BCUT2D eigenvalue weighted by Crippen LogP contribution is -2.51. The lowest BCUT2D eigenvalue weighted by molar-refractivity contribution is -0.139. The number of nitrogens with one attached hydrogen (secondary N) is 2. The number of hydrogen-bond donors (Lipinski definition) is 3. The van der Waals surface area contributed by atoms with Crippen LogP contribution in [0.5, 0.6) is 0 Å². The van der Waals surface area contributed by atoms with E-state index in [9.17, 15) is 14.7 Å². The first-order valence-corrected chi connectivity index (χ1v) is 9.57. The van der Waals surface area contributed by atoms with Gasteiger partial charge in [0, 0.05) is 12.1 Å². The summed E-state index contributed by atoms with van der Waals surface area (Å²) in [5.74, 6) is -1.32. The minimum Gasteiger partial charge on any atom is -0.480 e.